The van der Waals surface area contributed by atoms with Crippen LogP contribution in [0.5, 0.6) is 0 Å². The molecule has 7 heteroatoms. The van der Waals surface area contributed by atoms with E-state index in [1.54, 1.807) is 12.1 Å². The van der Waals surface area contributed by atoms with Crippen LogP contribution in [0.2, 0.25) is 0 Å². The van der Waals surface area contributed by atoms with E-state index < -0.39 is 17.8 Å². The topological polar surface area (TPSA) is 78.8 Å². The third-order valence-corrected chi connectivity index (χ3v) is 4.34. The molecule has 0 unspecified atom stereocenters. The minimum Gasteiger partial charge on any atom is -0.325 e. The lowest BCUT2D eigenvalue weighted by Gasteiger charge is -2.13. The van der Waals surface area contributed by atoms with Gasteiger partial charge in [-0.1, -0.05) is 45.8 Å². The van der Waals surface area contributed by atoms with E-state index in [0.717, 1.165) is 20.5 Å². The van der Waals surface area contributed by atoms with Crippen LogP contribution in [-0.2, 0) is 16.0 Å². The first-order chi connectivity index (χ1) is 12.4. The van der Waals surface area contributed by atoms with Crippen molar-refractivity contribution in [2.24, 2.45) is 4.99 Å². The van der Waals surface area contributed by atoms with Crippen molar-refractivity contribution in [1.29, 1.82) is 0 Å². The second-order valence-corrected chi connectivity index (χ2v) is 6.87. The number of hydrogen-bond acceptors (Lipinski definition) is 3. The van der Waals surface area contributed by atoms with Crippen LogP contribution in [0.4, 0.5) is 10.5 Å². The number of aliphatic imine (C=N–C) groups is 1. The number of benzene rings is 2. The van der Waals surface area contributed by atoms with Crippen LogP contribution in [0.15, 0.2) is 58.0 Å². The molecular formula is C19H16BrN3O3. The van der Waals surface area contributed by atoms with Crippen molar-refractivity contribution >= 4 is 45.2 Å². The highest BCUT2D eigenvalue weighted by atomic mass is 79.9. The standard InChI is InChI=1S/C19H16BrN3O3/c1-12-5-7-15(8-6-12)21-17(24)11-23-18(25)16(22-19(23)26)10-13-3-2-4-14(20)9-13/h2-9H,10-11H2,1H3,(H,21,24). The second kappa shape index (κ2) is 7.61. The number of nitrogens with zero attached hydrogens (tertiary/aromatic N) is 2. The van der Waals surface area contributed by atoms with E-state index in [-0.39, 0.29) is 18.7 Å². The monoisotopic (exact) mass is 413 g/mol. The van der Waals surface area contributed by atoms with Crippen LogP contribution in [0, 0.1) is 6.92 Å². The van der Waals surface area contributed by atoms with Crippen LogP contribution < -0.4 is 5.32 Å². The van der Waals surface area contributed by atoms with Gasteiger partial charge in [-0.05, 0) is 36.8 Å². The molecule has 132 valence electrons. The Morgan fingerprint density at radius 2 is 1.88 bits per heavy atom. The fraction of sp³-hybridized carbons (Fsp3) is 0.158. The number of nitrogens with one attached hydrogen (secondary N) is 1. The molecule has 0 radical (unpaired) electrons. The van der Waals surface area contributed by atoms with E-state index in [0.29, 0.717) is 5.69 Å². The third-order valence-electron chi connectivity index (χ3n) is 3.85. The summed E-state index contributed by atoms with van der Waals surface area (Å²) in [5.74, 6) is -0.983. The third kappa shape index (κ3) is 4.23. The maximum atomic E-state index is 12.4. The van der Waals surface area contributed by atoms with Gasteiger partial charge < -0.3 is 5.32 Å². The molecule has 0 atom stereocenters. The van der Waals surface area contributed by atoms with Gasteiger partial charge >= 0.3 is 6.03 Å². The highest BCUT2D eigenvalue weighted by Crippen LogP contribution is 2.16. The summed E-state index contributed by atoms with van der Waals surface area (Å²) in [5, 5.41) is 2.67. The van der Waals surface area contributed by atoms with E-state index in [1.165, 1.54) is 0 Å². The molecule has 0 aliphatic carbocycles. The summed E-state index contributed by atoms with van der Waals surface area (Å²) in [6, 6.07) is 13.9. The number of urea groups is 1. The zero-order chi connectivity index (χ0) is 18.7. The SMILES string of the molecule is Cc1ccc(NC(=O)CN2C(=O)N=C(Cc3cccc(Br)c3)C2=O)cc1. The Morgan fingerprint density at radius 3 is 2.58 bits per heavy atom. The second-order valence-electron chi connectivity index (χ2n) is 5.95. The lowest BCUT2D eigenvalue weighted by Crippen LogP contribution is -2.39. The molecule has 0 saturated carbocycles. The summed E-state index contributed by atoms with van der Waals surface area (Å²) in [6.07, 6.45) is 0.236. The van der Waals surface area contributed by atoms with Gasteiger partial charge in [-0.15, -0.1) is 0 Å². The minimum atomic E-state index is -0.709. The van der Waals surface area contributed by atoms with Gasteiger partial charge in [0, 0.05) is 16.6 Å². The van der Waals surface area contributed by atoms with Gasteiger partial charge in [0.1, 0.15) is 12.3 Å². The molecule has 6 nitrogen and oxygen atoms in total. The number of halogens is 1. The van der Waals surface area contributed by atoms with Gasteiger partial charge in [-0.25, -0.2) is 9.69 Å². The number of anilines is 1. The quantitative estimate of drug-likeness (QED) is 0.815. The molecule has 0 spiro atoms. The average Bonchev–Trinajstić information content (AvgIpc) is 2.84. The van der Waals surface area contributed by atoms with E-state index in [2.05, 4.69) is 26.2 Å². The summed E-state index contributed by atoms with van der Waals surface area (Å²) in [4.78, 5) is 41.2. The number of aryl methyl sites for hydroxylation is 1. The smallest absolute Gasteiger partial charge is 0.325 e. The molecule has 1 heterocycles. The fourth-order valence-corrected chi connectivity index (χ4v) is 2.99. The molecular weight excluding hydrogens is 398 g/mol. The number of hydrogen-bond donors (Lipinski definition) is 1. The summed E-state index contributed by atoms with van der Waals surface area (Å²) in [6.45, 7) is 1.58. The Bertz CT molecular complexity index is 907. The van der Waals surface area contributed by atoms with Crippen LogP contribution in [0.3, 0.4) is 0 Å². The predicted molar refractivity (Wildman–Crippen MR) is 102 cm³/mol. The lowest BCUT2D eigenvalue weighted by atomic mass is 10.1. The van der Waals surface area contributed by atoms with Crippen molar-refractivity contribution in [2.75, 3.05) is 11.9 Å². The molecule has 1 aliphatic heterocycles. The molecule has 0 aromatic heterocycles. The van der Waals surface area contributed by atoms with Gasteiger partial charge in [-0.3, -0.25) is 9.59 Å². The van der Waals surface area contributed by atoms with E-state index in [1.807, 2.05) is 43.3 Å². The van der Waals surface area contributed by atoms with E-state index in [9.17, 15) is 14.4 Å². The van der Waals surface area contributed by atoms with Gasteiger partial charge in [-0.2, -0.15) is 4.99 Å². The number of amides is 4. The Morgan fingerprint density at radius 1 is 1.15 bits per heavy atom. The van der Waals surface area contributed by atoms with Crippen molar-refractivity contribution in [2.45, 2.75) is 13.3 Å². The molecule has 2 aromatic carbocycles. The van der Waals surface area contributed by atoms with Crippen LogP contribution in [0.25, 0.3) is 0 Å². The van der Waals surface area contributed by atoms with Crippen molar-refractivity contribution in [3.05, 3.63) is 64.1 Å². The molecule has 3 rings (SSSR count). The van der Waals surface area contributed by atoms with Gasteiger partial charge in [0.25, 0.3) is 5.91 Å². The highest BCUT2D eigenvalue weighted by Gasteiger charge is 2.34. The first-order valence-electron chi connectivity index (χ1n) is 7.97. The molecule has 2 aromatic rings. The molecule has 26 heavy (non-hydrogen) atoms. The predicted octanol–water partition coefficient (Wildman–Crippen LogP) is 3.34. The zero-order valence-electron chi connectivity index (χ0n) is 14.0. The van der Waals surface area contributed by atoms with E-state index >= 15 is 0 Å². The molecule has 0 saturated heterocycles. The number of imide groups is 1. The van der Waals surface area contributed by atoms with Crippen molar-refractivity contribution in [1.82, 2.24) is 4.90 Å². The van der Waals surface area contributed by atoms with Crippen molar-refractivity contribution < 1.29 is 14.4 Å². The van der Waals surface area contributed by atoms with E-state index in [4.69, 9.17) is 0 Å². The molecule has 0 fully saturated rings. The number of carbonyl (C=O) groups excluding carboxylic acids is 3. The zero-order valence-corrected chi connectivity index (χ0v) is 15.6. The molecule has 0 bridgehead atoms. The van der Waals surface area contributed by atoms with Crippen molar-refractivity contribution in [3.63, 3.8) is 0 Å². The van der Waals surface area contributed by atoms with Gasteiger partial charge in [0.15, 0.2) is 0 Å². The Balaban J connectivity index is 1.63. The largest absolute Gasteiger partial charge is 0.351 e. The molecule has 4 amide bonds. The van der Waals surface area contributed by atoms with Crippen LogP contribution >= 0.6 is 15.9 Å². The molecule has 1 aliphatic rings. The Hall–Kier alpha value is -2.80. The maximum Gasteiger partial charge on any atom is 0.351 e. The lowest BCUT2D eigenvalue weighted by molar-refractivity contribution is -0.125. The molecule has 1 N–H and O–H groups in total. The first kappa shape index (κ1) is 18.0. The van der Waals surface area contributed by atoms with Gasteiger partial charge in [0.05, 0.1) is 0 Å². The Labute approximate surface area is 159 Å². The highest BCUT2D eigenvalue weighted by molar-refractivity contribution is 9.10. The average molecular weight is 414 g/mol. The summed E-state index contributed by atoms with van der Waals surface area (Å²) < 4.78 is 0.877. The fourth-order valence-electron chi connectivity index (χ4n) is 2.54. The normalized spacial score (nSPS) is 13.8. The number of rotatable bonds is 5. The summed E-state index contributed by atoms with van der Waals surface area (Å²) in [5.41, 5.74) is 2.66. The Kier molecular flexibility index (Phi) is 5.27. The van der Waals surface area contributed by atoms with Gasteiger partial charge in [0.2, 0.25) is 5.91 Å². The first-order valence-corrected chi connectivity index (χ1v) is 8.76. The minimum absolute atomic E-state index is 0.135. The summed E-state index contributed by atoms with van der Waals surface area (Å²) >= 11 is 3.36. The van der Waals surface area contributed by atoms with Crippen LogP contribution in [-0.4, -0.2) is 35.0 Å². The number of carbonyl (C=O) groups is 3. The summed E-state index contributed by atoms with van der Waals surface area (Å²) in [7, 11) is 0. The van der Waals surface area contributed by atoms with Crippen LogP contribution in [0.1, 0.15) is 11.1 Å². The van der Waals surface area contributed by atoms with Crippen molar-refractivity contribution in [3.8, 4) is 0 Å². The maximum absolute atomic E-state index is 12.4.